The van der Waals surface area contributed by atoms with E-state index in [0.29, 0.717) is 28.1 Å². The van der Waals surface area contributed by atoms with Gasteiger partial charge in [-0.25, -0.2) is 19.7 Å². The Kier molecular flexibility index (Phi) is 6.53. The number of piperazine rings is 1. The largest absolute Gasteiger partial charge is 0.465 e. The predicted molar refractivity (Wildman–Crippen MR) is 107 cm³/mol. The Morgan fingerprint density at radius 2 is 2.00 bits per heavy atom. The molecular formula is C18H24N6O3S. The van der Waals surface area contributed by atoms with Crippen molar-refractivity contribution in [3.8, 4) is 0 Å². The Bertz CT molecular complexity index is 848. The van der Waals surface area contributed by atoms with Gasteiger partial charge in [-0.15, -0.1) is 0 Å². The fourth-order valence-corrected chi connectivity index (χ4v) is 3.67. The predicted octanol–water partition coefficient (Wildman–Crippen LogP) is 1.87. The Morgan fingerprint density at radius 3 is 2.68 bits per heavy atom. The molecule has 1 aliphatic heterocycles. The number of esters is 1. The molecule has 3 heterocycles. The fraction of sp³-hybridized carbons (Fsp3) is 0.500. The van der Waals surface area contributed by atoms with Gasteiger partial charge < -0.3 is 15.0 Å². The number of nitrogens with one attached hydrogen (secondary N) is 1. The van der Waals surface area contributed by atoms with Gasteiger partial charge in [0.2, 0.25) is 0 Å². The third kappa shape index (κ3) is 5.23. The summed E-state index contributed by atoms with van der Waals surface area (Å²) < 4.78 is 4.71. The van der Waals surface area contributed by atoms with Gasteiger partial charge in [-0.3, -0.25) is 9.69 Å². The average molecular weight is 404 g/mol. The van der Waals surface area contributed by atoms with E-state index in [1.165, 1.54) is 24.6 Å². The van der Waals surface area contributed by atoms with Crippen molar-refractivity contribution in [1.29, 1.82) is 0 Å². The van der Waals surface area contributed by atoms with Gasteiger partial charge in [-0.1, -0.05) is 11.3 Å². The molecule has 0 aliphatic carbocycles. The van der Waals surface area contributed by atoms with Crippen molar-refractivity contribution in [1.82, 2.24) is 19.9 Å². The number of ether oxygens (including phenoxy) is 1. The van der Waals surface area contributed by atoms with Crippen molar-refractivity contribution in [3.63, 3.8) is 0 Å². The minimum atomic E-state index is -0.409. The Morgan fingerprint density at radius 1 is 1.25 bits per heavy atom. The molecule has 0 amide bonds. The number of methoxy groups -OCH3 is 1. The molecule has 3 rings (SSSR count). The topological polar surface area (TPSA) is 101 Å². The lowest BCUT2D eigenvalue weighted by atomic mass is 10.2. The molecule has 1 fully saturated rings. The van der Waals surface area contributed by atoms with Crippen LogP contribution in [-0.4, -0.2) is 71.4 Å². The van der Waals surface area contributed by atoms with Crippen LogP contribution in [0.15, 0.2) is 12.3 Å². The highest BCUT2D eigenvalue weighted by Crippen LogP contribution is 2.24. The standard InChI is InChI=1S/C18H24N6O3S/c1-12(25)4-5-23-6-8-24(9-7-23)16-10-15(20-13(2)21-16)22-18-19-11-14(28-18)17(26)27-3/h10-11H,4-9H2,1-3H3,(H,19,20,21,22). The minimum absolute atomic E-state index is 0.224. The Labute approximate surface area is 167 Å². The lowest BCUT2D eigenvalue weighted by Gasteiger charge is -2.35. The van der Waals surface area contributed by atoms with Crippen LogP contribution in [0.25, 0.3) is 0 Å². The molecule has 0 bridgehead atoms. The first kappa shape index (κ1) is 20.2. The molecular weight excluding hydrogens is 380 g/mol. The average Bonchev–Trinajstić information content (AvgIpc) is 3.14. The van der Waals surface area contributed by atoms with Gasteiger partial charge in [0.25, 0.3) is 0 Å². The second kappa shape index (κ2) is 9.07. The van der Waals surface area contributed by atoms with Crippen molar-refractivity contribution in [2.75, 3.05) is 50.1 Å². The molecule has 10 heteroatoms. The third-order valence-corrected chi connectivity index (χ3v) is 5.32. The van der Waals surface area contributed by atoms with Crippen LogP contribution in [0.3, 0.4) is 0 Å². The lowest BCUT2D eigenvalue weighted by molar-refractivity contribution is -0.117. The number of aromatic nitrogens is 3. The van der Waals surface area contributed by atoms with Crippen molar-refractivity contribution < 1.29 is 14.3 Å². The molecule has 0 aromatic carbocycles. The van der Waals surface area contributed by atoms with E-state index in [1.54, 1.807) is 6.92 Å². The number of rotatable bonds is 7. The van der Waals surface area contributed by atoms with Crippen molar-refractivity contribution >= 4 is 39.9 Å². The number of carbonyl (C=O) groups excluding carboxylic acids is 2. The first-order chi connectivity index (χ1) is 13.4. The molecule has 1 saturated heterocycles. The van der Waals surface area contributed by atoms with Crippen LogP contribution >= 0.6 is 11.3 Å². The summed E-state index contributed by atoms with van der Waals surface area (Å²) in [4.78, 5) is 40.8. The minimum Gasteiger partial charge on any atom is -0.465 e. The number of anilines is 3. The second-order valence-electron chi connectivity index (χ2n) is 6.59. The lowest BCUT2D eigenvalue weighted by Crippen LogP contribution is -2.47. The first-order valence-corrected chi connectivity index (χ1v) is 9.90. The smallest absolute Gasteiger partial charge is 0.349 e. The number of aryl methyl sites for hydroxylation is 1. The summed E-state index contributed by atoms with van der Waals surface area (Å²) >= 11 is 1.21. The summed E-state index contributed by atoms with van der Waals surface area (Å²) in [6.07, 6.45) is 2.08. The van der Waals surface area contributed by atoms with Crippen molar-refractivity contribution in [2.24, 2.45) is 0 Å². The van der Waals surface area contributed by atoms with Crippen LogP contribution in [0.5, 0.6) is 0 Å². The quantitative estimate of drug-likeness (QED) is 0.693. The molecule has 0 unspecified atom stereocenters. The Hall–Kier alpha value is -2.59. The van der Waals surface area contributed by atoms with Gasteiger partial charge in [0.15, 0.2) is 5.13 Å². The van der Waals surface area contributed by atoms with Gasteiger partial charge in [0.05, 0.1) is 13.3 Å². The molecule has 9 nitrogen and oxygen atoms in total. The highest BCUT2D eigenvalue weighted by atomic mass is 32.1. The van der Waals surface area contributed by atoms with Gasteiger partial charge >= 0.3 is 5.97 Å². The molecule has 0 spiro atoms. The number of thiazole rings is 1. The van der Waals surface area contributed by atoms with Gasteiger partial charge in [-0.05, 0) is 13.8 Å². The maximum Gasteiger partial charge on any atom is 0.349 e. The van der Waals surface area contributed by atoms with Gasteiger partial charge in [0, 0.05) is 45.2 Å². The first-order valence-electron chi connectivity index (χ1n) is 9.08. The van der Waals surface area contributed by atoms with E-state index < -0.39 is 5.97 Å². The molecule has 150 valence electrons. The summed E-state index contributed by atoms with van der Waals surface area (Å²) in [6, 6.07) is 1.89. The fourth-order valence-electron chi connectivity index (χ4n) is 2.93. The summed E-state index contributed by atoms with van der Waals surface area (Å²) in [5.41, 5.74) is 0. The van der Waals surface area contributed by atoms with Crippen LogP contribution in [0.2, 0.25) is 0 Å². The second-order valence-corrected chi connectivity index (χ2v) is 7.62. The summed E-state index contributed by atoms with van der Waals surface area (Å²) in [5, 5.41) is 3.71. The number of hydrogen-bond acceptors (Lipinski definition) is 10. The van der Waals surface area contributed by atoms with E-state index in [-0.39, 0.29) is 5.78 Å². The van der Waals surface area contributed by atoms with E-state index >= 15 is 0 Å². The van der Waals surface area contributed by atoms with E-state index in [0.717, 1.165) is 38.5 Å². The zero-order valence-corrected chi connectivity index (χ0v) is 17.1. The number of ketones is 1. The molecule has 2 aromatic heterocycles. The highest BCUT2D eigenvalue weighted by Gasteiger charge is 2.19. The van der Waals surface area contributed by atoms with Crippen LogP contribution in [0.4, 0.5) is 16.8 Å². The maximum absolute atomic E-state index is 11.6. The van der Waals surface area contributed by atoms with Gasteiger partial charge in [0.1, 0.15) is 28.1 Å². The molecule has 1 aliphatic rings. The van der Waals surface area contributed by atoms with Crippen LogP contribution in [0.1, 0.15) is 28.8 Å². The maximum atomic E-state index is 11.6. The zero-order valence-electron chi connectivity index (χ0n) is 16.3. The van der Waals surface area contributed by atoms with E-state index in [2.05, 4.69) is 30.1 Å². The molecule has 28 heavy (non-hydrogen) atoms. The number of hydrogen-bond donors (Lipinski definition) is 1. The van der Waals surface area contributed by atoms with Crippen molar-refractivity contribution in [2.45, 2.75) is 20.3 Å². The van der Waals surface area contributed by atoms with E-state index in [9.17, 15) is 9.59 Å². The normalized spacial score (nSPS) is 14.8. The Balaban J connectivity index is 1.64. The van der Waals surface area contributed by atoms with Gasteiger partial charge in [-0.2, -0.15) is 0 Å². The van der Waals surface area contributed by atoms with Crippen LogP contribution in [-0.2, 0) is 9.53 Å². The molecule has 0 atom stereocenters. The summed E-state index contributed by atoms with van der Waals surface area (Å²) in [5.74, 6) is 1.96. The van der Waals surface area contributed by atoms with Crippen molar-refractivity contribution in [3.05, 3.63) is 23.0 Å². The number of Topliss-reactive ketones (excluding diaryl/α,β-unsaturated/α-hetero) is 1. The zero-order chi connectivity index (χ0) is 20.1. The molecule has 1 N–H and O–H groups in total. The van der Waals surface area contributed by atoms with E-state index in [4.69, 9.17) is 4.74 Å². The SMILES string of the molecule is COC(=O)c1cnc(Nc2cc(N3CCN(CCC(C)=O)CC3)nc(C)n2)s1. The monoisotopic (exact) mass is 404 g/mol. The number of nitrogens with zero attached hydrogens (tertiary/aromatic N) is 5. The van der Waals surface area contributed by atoms with Crippen LogP contribution in [0, 0.1) is 6.92 Å². The third-order valence-electron chi connectivity index (χ3n) is 4.43. The van der Waals surface area contributed by atoms with E-state index in [1.807, 2.05) is 13.0 Å². The number of carbonyl (C=O) groups is 2. The molecule has 0 saturated carbocycles. The van der Waals surface area contributed by atoms with Crippen LogP contribution < -0.4 is 10.2 Å². The molecule has 2 aromatic rings. The summed E-state index contributed by atoms with van der Waals surface area (Å²) in [6.45, 7) is 7.77. The highest BCUT2D eigenvalue weighted by molar-refractivity contribution is 7.17. The summed E-state index contributed by atoms with van der Waals surface area (Å²) in [7, 11) is 1.34. The molecule has 0 radical (unpaired) electrons.